The number of anilines is 1. The van der Waals surface area contributed by atoms with Crippen molar-refractivity contribution in [1.82, 2.24) is 4.98 Å². The largest absolute Gasteiger partial charge is 0.370 e. The topological polar surface area (TPSA) is 24.9 Å². The standard InChI is InChI=1S/C13H20N2S/c1-2-10-14-12-8-5-9-13(15-12)16-11-6-3-4-7-11/h5,8-9,11H,2-4,6-7,10H2,1H3,(H,14,15). The molecule has 0 bridgehead atoms. The summed E-state index contributed by atoms with van der Waals surface area (Å²) in [6.07, 6.45) is 6.65. The molecule has 1 N–H and O–H groups in total. The number of thioether (sulfide) groups is 1. The highest BCUT2D eigenvalue weighted by atomic mass is 32.2. The average molecular weight is 236 g/mol. The molecule has 88 valence electrons. The highest BCUT2D eigenvalue weighted by molar-refractivity contribution is 7.99. The molecule has 0 spiro atoms. The SMILES string of the molecule is CCCNc1cccc(SC2CCCC2)n1. The van der Waals surface area contributed by atoms with Crippen molar-refractivity contribution >= 4 is 17.6 Å². The van der Waals surface area contributed by atoms with Crippen LogP contribution in [0.25, 0.3) is 0 Å². The summed E-state index contributed by atoms with van der Waals surface area (Å²) in [6, 6.07) is 6.27. The Morgan fingerprint density at radius 3 is 2.94 bits per heavy atom. The van der Waals surface area contributed by atoms with Crippen molar-refractivity contribution in [3.05, 3.63) is 18.2 Å². The minimum Gasteiger partial charge on any atom is -0.370 e. The first-order valence-corrected chi connectivity index (χ1v) is 7.14. The summed E-state index contributed by atoms with van der Waals surface area (Å²) in [6.45, 7) is 3.18. The summed E-state index contributed by atoms with van der Waals surface area (Å²) < 4.78 is 0. The Kier molecular flexibility index (Phi) is 4.52. The third-order valence-corrected chi connectivity index (χ3v) is 4.14. The van der Waals surface area contributed by atoms with Crippen molar-refractivity contribution in [1.29, 1.82) is 0 Å². The van der Waals surface area contributed by atoms with Crippen LogP contribution in [0, 0.1) is 0 Å². The molecule has 1 aliphatic rings. The van der Waals surface area contributed by atoms with E-state index in [2.05, 4.69) is 29.4 Å². The molecule has 0 aromatic carbocycles. The van der Waals surface area contributed by atoms with E-state index in [1.807, 2.05) is 17.8 Å². The van der Waals surface area contributed by atoms with Crippen molar-refractivity contribution < 1.29 is 0 Å². The second-order valence-corrected chi connectivity index (χ2v) is 5.63. The lowest BCUT2D eigenvalue weighted by Crippen LogP contribution is -2.02. The molecule has 0 amide bonds. The van der Waals surface area contributed by atoms with E-state index in [1.165, 1.54) is 30.7 Å². The fraction of sp³-hybridized carbons (Fsp3) is 0.615. The van der Waals surface area contributed by atoms with E-state index < -0.39 is 0 Å². The molecule has 0 saturated heterocycles. The van der Waals surface area contributed by atoms with Crippen molar-refractivity contribution in [3.8, 4) is 0 Å². The molecule has 16 heavy (non-hydrogen) atoms. The van der Waals surface area contributed by atoms with Gasteiger partial charge in [-0.3, -0.25) is 0 Å². The summed E-state index contributed by atoms with van der Waals surface area (Å²) >= 11 is 1.95. The first-order chi connectivity index (χ1) is 7.88. The zero-order valence-electron chi connectivity index (χ0n) is 9.91. The Balaban J connectivity index is 1.92. The normalized spacial score (nSPS) is 16.6. The molecule has 3 heteroatoms. The highest BCUT2D eigenvalue weighted by Gasteiger charge is 2.16. The van der Waals surface area contributed by atoms with Crippen LogP contribution >= 0.6 is 11.8 Å². The van der Waals surface area contributed by atoms with E-state index in [4.69, 9.17) is 0 Å². The molecule has 0 unspecified atom stereocenters. The maximum absolute atomic E-state index is 4.63. The average Bonchev–Trinajstić information content (AvgIpc) is 2.80. The van der Waals surface area contributed by atoms with Crippen molar-refractivity contribution in [3.63, 3.8) is 0 Å². The first kappa shape index (κ1) is 11.8. The molecule has 1 fully saturated rings. The zero-order valence-corrected chi connectivity index (χ0v) is 10.7. The number of nitrogens with zero attached hydrogens (tertiary/aromatic N) is 1. The molecule has 1 aliphatic carbocycles. The van der Waals surface area contributed by atoms with Crippen LogP contribution in [0.4, 0.5) is 5.82 Å². The molecule has 0 atom stereocenters. The summed E-state index contributed by atoms with van der Waals surface area (Å²) in [5.41, 5.74) is 0. The quantitative estimate of drug-likeness (QED) is 0.838. The molecule has 1 aromatic heterocycles. The molecule has 0 aliphatic heterocycles. The molecule has 2 nitrogen and oxygen atoms in total. The molecule has 0 radical (unpaired) electrons. The first-order valence-electron chi connectivity index (χ1n) is 6.26. The smallest absolute Gasteiger partial charge is 0.127 e. The molecular formula is C13H20N2S. The van der Waals surface area contributed by atoms with Gasteiger partial charge in [0.25, 0.3) is 0 Å². The van der Waals surface area contributed by atoms with Gasteiger partial charge in [0, 0.05) is 11.8 Å². The number of hydrogen-bond acceptors (Lipinski definition) is 3. The molecule has 1 saturated carbocycles. The predicted octanol–water partition coefficient (Wildman–Crippen LogP) is 3.94. The van der Waals surface area contributed by atoms with E-state index >= 15 is 0 Å². The molecular weight excluding hydrogens is 216 g/mol. The van der Waals surface area contributed by atoms with Crippen LogP contribution in [0.5, 0.6) is 0 Å². The summed E-state index contributed by atoms with van der Waals surface area (Å²) in [5.74, 6) is 1.02. The van der Waals surface area contributed by atoms with Gasteiger partial charge in [0.05, 0.1) is 5.03 Å². The number of aromatic nitrogens is 1. The number of hydrogen-bond donors (Lipinski definition) is 1. The Morgan fingerprint density at radius 2 is 2.19 bits per heavy atom. The van der Waals surface area contributed by atoms with Crippen LogP contribution in [0.2, 0.25) is 0 Å². The van der Waals surface area contributed by atoms with Crippen LogP contribution in [0.1, 0.15) is 39.0 Å². The molecule has 1 heterocycles. The number of pyridine rings is 1. The van der Waals surface area contributed by atoms with Gasteiger partial charge in [-0.15, -0.1) is 11.8 Å². The van der Waals surface area contributed by atoms with Gasteiger partial charge < -0.3 is 5.32 Å². The van der Waals surface area contributed by atoms with Crippen LogP contribution in [0.3, 0.4) is 0 Å². The van der Waals surface area contributed by atoms with Gasteiger partial charge in [-0.25, -0.2) is 4.98 Å². The predicted molar refractivity (Wildman–Crippen MR) is 71.1 cm³/mol. The van der Waals surface area contributed by atoms with Crippen LogP contribution in [-0.2, 0) is 0 Å². The third kappa shape index (κ3) is 3.41. The van der Waals surface area contributed by atoms with Gasteiger partial charge in [-0.05, 0) is 31.4 Å². The number of rotatable bonds is 5. The maximum atomic E-state index is 4.63. The maximum Gasteiger partial charge on any atom is 0.127 e. The summed E-state index contributed by atoms with van der Waals surface area (Å²) in [7, 11) is 0. The van der Waals surface area contributed by atoms with E-state index in [0.717, 1.165) is 24.0 Å². The van der Waals surface area contributed by atoms with Gasteiger partial charge in [0.2, 0.25) is 0 Å². The van der Waals surface area contributed by atoms with Gasteiger partial charge in [-0.2, -0.15) is 0 Å². The lowest BCUT2D eigenvalue weighted by molar-refractivity contribution is 0.886. The Labute approximate surface area is 102 Å². The lowest BCUT2D eigenvalue weighted by Gasteiger charge is -2.09. The fourth-order valence-corrected chi connectivity index (χ4v) is 3.23. The van der Waals surface area contributed by atoms with Gasteiger partial charge in [0.1, 0.15) is 5.82 Å². The zero-order chi connectivity index (χ0) is 11.2. The second-order valence-electron chi connectivity index (χ2n) is 4.31. The van der Waals surface area contributed by atoms with E-state index in [1.54, 1.807) is 0 Å². The van der Waals surface area contributed by atoms with Crippen LogP contribution in [-0.4, -0.2) is 16.8 Å². The van der Waals surface area contributed by atoms with Crippen molar-refractivity contribution in [2.75, 3.05) is 11.9 Å². The van der Waals surface area contributed by atoms with Gasteiger partial charge >= 0.3 is 0 Å². The van der Waals surface area contributed by atoms with Crippen molar-refractivity contribution in [2.24, 2.45) is 0 Å². The Hall–Kier alpha value is -0.700. The minimum absolute atomic E-state index is 0.800. The third-order valence-electron chi connectivity index (χ3n) is 2.87. The minimum atomic E-state index is 0.800. The second kappa shape index (κ2) is 6.14. The Morgan fingerprint density at radius 1 is 1.38 bits per heavy atom. The van der Waals surface area contributed by atoms with Crippen molar-refractivity contribution in [2.45, 2.75) is 49.3 Å². The van der Waals surface area contributed by atoms with Crippen LogP contribution in [0.15, 0.2) is 23.2 Å². The lowest BCUT2D eigenvalue weighted by atomic mass is 10.4. The summed E-state index contributed by atoms with van der Waals surface area (Å²) in [4.78, 5) is 4.63. The van der Waals surface area contributed by atoms with Crippen LogP contribution < -0.4 is 5.32 Å². The Bertz CT molecular complexity index is 321. The number of nitrogens with one attached hydrogen (secondary N) is 1. The monoisotopic (exact) mass is 236 g/mol. The van der Waals surface area contributed by atoms with E-state index in [0.29, 0.717) is 0 Å². The van der Waals surface area contributed by atoms with E-state index in [9.17, 15) is 0 Å². The highest BCUT2D eigenvalue weighted by Crippen LogP contribution is 2.33. The van der Waals surface area contributed by atoms with Gasteiger partial charge in [-0.1, -0.05) is 25.8 Å². The molecule has 1 aromatic rings. The summed E-state index contributed by atoms with van der Waals surface area (Å²) in [5, 5.41) is 5.31. The van der Waals surface area contributed by atoms with Gasteiger partial charge in [0.15, 0.2) is 0 Å². The fourth-order valence-electron chi connectivity index (χ4n) is 2.01. The van der Waals surface area contributed by atoms with E-state index in [-0.39, 0.29) is 0 Å². The molecule has 2 rings (SSSR count).